The average Bonchev–Trinajstić information content (AvgIpc) is 3.12. The molecule has 0 saturated heterocycles. The number of nitrogens with zero attached hydrogens (tertiary/aromatic N) is 1. The monoisotopic (exact) mass is 350 g/mol. The number of benzene rings is 1. The van der Waals surface area contributed by atoms with Gasteiger partial charge in [-0.3, -0.25) is 4.79 Å². The maximum atomic E-state index is 14.1. The molecule has 0 aromatic heterocycles. The van der Waals surface area contributed by atoms with Crippen molar-refractivity contribution in [1.29, 1.82) is 0 Å². The summed E-state index contributed by atoms with van der Waals surface area (Å²) < 4.78 is 37.0. The molecule has 0 unspecified atom stereocenters. The number of sulfonamides is 1. The summed E-state index contributed by atoms with van der Waals surface area (Å²) in [6.45, 7) is 0. The Hall–Kier alpha value is -0.990. The molecule has 2 rings (SSSR count). The summed E-state index contributed by atoms with van der Waals surface area (Å²) in [7, 11) is -2.65. The van der Waals surface area contributed by atoms with Crippen LogP contribution in [0, 0.1) is 5.82 Å². The van der Waals surface area contributed by atoms with Gasteiger partial charge in [0.15, 0.2) is 5.82 Å². The zero-order valence-electron chi connectivity index (χ0n) is 10.1. The van der Waals surface area contributed by atoms with E-state index in [1.165, 1.54) is 11.0 Å². The Morgan fingerprint density at radius 1 is 1.47 bits per heavy atom. The van der Waals surface area contributed by atoms with Gasteiger partial charge in [0, 0.05) is 17.6 Å². The molecule has 1 aliphatic rings. The largest absolute Gasteiger partial charge is 0.339 e. The first-order chi connectivity index (χ1) is 8.71. The summed E-state index contributed by atoms with van der Waals surface area (Å²) in [4.78, 5) is 12.8. The minimum absolute atomic E-state index is 0.101. The first kappa shape index (κ1) is 14.4. The third-order valence-corrected chi connectivity index (χ3v) is 4.32. The number of amides is 1. The molecule has 1 aromatic carbocycles. The normalized spacial score (nSPS) is 15.4. The molecule has 104 valence electrons. The van der Waals surface area contributed by atoms with Crippen LogP contribution >= 0.6 is 15.9 Å². The van der Waals surface area contributed by atoms with Gasteiger partial charge < -0.3 is 4.90 Å². The van der Waals surface area contributed by atoms with E-state index in [1.54, 1.807) is 7.05 Å². The first-order valence-electron chi connectivity index (χ1n) is 5.51. The Balaban J connectivity index is 2.51. The second-order valence-corrected chi connectivity index (χ2v) is 6.90. The van der Waals surface area contributed by atoms with Crippen molar-refractivity contribution in [3.8, 4) is 0 Å². The lowest BCUT2D eigenvalue weighted by molar-refractivity contribution is 0.0779. The summed E-state index contributed by atoms with van der Waals surface area (Å²) in [6.07, 6.45) is 1.75. The topological polar surface area (TPSA) is 80.5 Å². The number of nitrogens with two attached hydrogens (primary N) is 1. The van der Waals surface area contributed by atoms with Crippen molar-refractivity contribution < 1.29 is 17.6 Å². The fourth-order valence-corrected chi connectivity index (χ4v) is 3.00. The van der Waals surface area contributed by atoms with Crippen LogP contribution in [0.1, 0.15) is 23.2 Å². The molecule has 1 saturated carbocycles. The third kappa shape index (κ3) is 2.96. The quantitative estimate of drug-likeness (QED) is 0.896. The number of primary sulfonamides is 1. The fraction of sp³-hybridized carbons (Fsp3) is 0.364. The van der Waals surface area contributed by atoms with Gasteiger partial charge in [-0.2, -0.15) is 0 Å². The smallest absolute Gasteiger partial charge is 0.256 e. The Morgan fingerprint density at radius 3 is 2.53 bits per heavy atom. The molecule has 0 radical (unpaired) electrons. The van der Waals surface area contributed by atoms with Crippen LogP contribution in [-0.2, 0) is 10.0 Å². The highest BCUT2D eigenvalue weighted by Gasteiger charge is 2.32. The van der Waals surface area contributed by atoms with Crippen molar-refractivity contribution in [2.24, 2.45) is 5.14 Å². The summed E-state index contributed by atoms with van der Waals surface area (Å²) in [5.41, 5.74) is -0.298. The van der Waals surface area contributed by atoms with E-state index in [9.17, 15) is 17.6 Å². The van der Waals surface area contributed by atoms with E-state index >= 15 is 0 Å². The predicted molar refractivity (Wildman–Crippen MR) is 70.6 cm³/mol. The van der Waals surface area contributed by atoms with Crippen LogP contribution in [-0.4, -0.2) is 32.3 Å². The molecule has 2 N–H and O–H groups in total. The van der Waals surface area contributed by atoms with Gasteiger partial charge in [-0.25, -0.2) is 17.9 Å². The Labute approximate surface area is 118 Å². The SMILES string of the molecule is CN(C(=O)c1cc(Br)cc(S(N)(=O)=O)c1F)C1CC1. The Morgan fingerprint density at radius 2 is 2.05 bits per heavy atom. The lowest BCUT2D eigenvalue weighted by Crippen LogP contribution is -2.30. The van der Waals surface area contributed by atoms with Gasteiger partial charge in [0.2, 0.25) is 10.0 Å². The molecular weight excluding hydrogens is 339 g/mol. The number of halogens is 2. The van der Waals surface area contributed by atoms with Crippen LogP contribution < -0.4 is 5.14 Å². The van der Waals surface area contributed by atoms with Crippen molar-refractivity contribution in [2.75, 3.05) is 7.05 Å². The van der Waals surface area contributed by atoms with Gasteiger partial charge >= 0.3 is 0 Å². The van der Waals surface area contributed by atoms with Crippen LogP contribution in [0.3, 0.4) is 0 Å². The summed E-state index contributed by atoms with van der Waals surface area (Å²) in [6, 6.07) is 2.40. The molecule has 0 aliphatic heterocycles. The molecule has 1 aromatic rings. The summed E-state index contributed by atoms with van der Waals surface area (Å²) in [5, 5.41) is 4.93. The third-order valence-electron chi connectivity index (χ3n) is 2.96. The van der Waals surface area contributed by atoms with E-state index in [-0.39, 0.29) is 16.1 Å². The van der Waals surface area contributed by atoms with Gasteiger partial charge in [-0.15, -0.1) is 0 Å². The molecule has 1 amide bonds. The van der Waals surface area contributed by atoms with Crippen LogP contribution in [0.4, 0.5) is 4.39 Å². The molecule has 0 spiro atoms. The van der Waals surface area contributed by atoms with Gasteiger partial charge in [0.25, 0.3) is 5.91 Å². The van der Waals surface area contributed by atoms with E-state index in [4.69, 9.17) is 5.14 Å². The van der Waals surface area contributed by atoms with Crippen LogP contribution in [0.15, 0.2) is 21.5 Å². The number of hydrogen-bond acceptors (Lipinski definition) is 3. The minimum atomic E-state index is -4.22. The average molecular weight is 351 g/mol. The Bertz CT molecular complexity index is 644. The molecule has 1 aliphatic carbocycles. The first-order valence-corrected chi connectivity index (χ1v) is 7.84. The zero-order chi connectivity index (χ0) is 14.4. The lowest BCUT2D eigenvalue weighted by Gasteiger charge is -2.17. The Kier molecular flexibility index (Phi) is 3.67. The van der Waals surface area contributed by atoms with Crippen LogP contribution in [0.5, 0.6) is 0 Å². The number of carbonyl (C=O) groups excluding carboxylic acids is 1. The van der Waals surface area contributed by atoms with E-state index < -0.39 is 26.6 Å². The molecule has 0 atom stereocenters. The van der Waals surface area contributed by atoms with Gasteiger partial charge in [0.05, 0.1) is 5.56 Å². The van der Waals surface area contributed by atoms with Gasteiger partial charge in [0.1, 0.15) is 4.90 Å². The van der Waals surface area contributed by atoms with E-state index in [1.807, 2.05) is 0 Å². The van der Waals surface area contributed by atoms with E-state index in [0.29, 0.717) is 0 Å². The van der Waals surface area contributed by atoms with Crippen molar-refractivity contribution >= 4 is 31.9 Å². The highest BCUT2D eigenvalue weighted by atomic mass is 79.9. The zero-order valence-corrected chi connectivity index (χ0v) is 12.5. The number of hydrogen-bond donors (Lipinski definition) is 1. The van der Waals surface area contributed by atoms with Crippen molar-refractivity contribution in [3.63, 3.8) is 0 Å². The maximum Gasteiger partial charge on any atom is 0.256 e. The summed E-state index contributed by atoms with van der Waals surface area (Å²) in [5.74, 6) is -1.66. The highest BCUT2D eigenvalue weighted by Crippen LogP contribution is 2.29. The van der Waals surface area contributed by atoms with E-state index in [0.717, 1.165) is 18.9 Å². The lowest BCUT2D eigenvalue weighted by atomic mass is 10.2. The second-order valence-electron chi connectivity index (χ2n) is 4.46. The molecular formula is C11H12BrFN2O3S. The molecule has 1 fully saturated rings. The molecule has 8 heteroatoms. The molecule has 19 heavy (non-hydrogen) atoms. The molecule has 5 nitrogen and oxygen atoms in total. The predicted octanol–water partition coefficient (Wildman–Crippen LogP) is 1.47. The molecule has 0 heterocycles. The van der Waals surface area contributed by atoms with Crippen molar-refractivity contribution in [2.45, 2.75) is 23.8 Å². The van der Waals surface area contributed by atoms with Crippen LogP contribution in [0.25, 0.3) is 0 Å². The highest BCUT2D eigenvalue weighted by molar-refractivity contribution is 9.10. The van der Waals surface area contributed by atoms with Gasteiger partial charge in [-0.05, 0) is 25.0 Å². The maximum absolute atomic E-state index is 14.1. The molecule has 0 bridgehead atoms. The number of carbonyl (C=O) groups is 1. The summed E-state index contributed by atoms with van der Waals surface area (Å²) >= 11 is 3.05. The second kappa shape index (κ2) is 4.84. The standard InChI is InChI=1S/C11H12BrFN2O3S/c1-15(7-2-3-7)11(16)8-4-6(12)5-9(10(8)13)19(14,17)18/h4-5,7H,2-3H2,1H3,(H2,14,17,18). The van der Waals surface area contributed by atoms with Crippen LogP contribution in [0.2, 0.25) is 0 Å². The van der Waals surface area contributed by atoms with Crippen molar-refractivity contribution in [3.05, 3.63) is 28.0 Å². The fourth-order valence-electron chi connectivity index (χ4n) is 1.74. The van der Waals surface area contributed by atoms with Crippen molar-refractivity contribution in [1.82, 2.24) is 4.90 Å². The minimum Gasteiger partial charge on any atom is -0.339 e. The van der Waals surface area contributed by atoms with E-state index in [2.05, 4.69) is 15.9 Å². The van der Waals surface area contributed by atoms with Gasteiger partial charge in [-0.1, -0.05) is 15.9 Å². The number of rotatable bonds is 3.